The summed E-state index contributed by atoms with van der Waals surface area (Å²) in [5, 5.41) is 10.2. The molecule has 0 spiro atoms. The lowest BCUT2D eigenvalue weighted by molar-refractivity contribution is -0.188. The van der Waals surface area contributed by atoms with Crippen LogP contribution in [0.25, 0.3) is 0 Å². The standard InChI is InChI=1S/C13H22O/c1-8-6-11(14)12-9-4-3-5-10(9)13(12,2)7-8/h8-12,14H,3-7H2,1-2H3. The number of aliphatic hydroxyl groups is 1. The van der Waals surface area contributed by atoms with Crippen LogP contribution >= 0.6 is 0 Å². The molecule has 6 unspecified atom stereocenters. The van der Waals surface area contributed by atoms with Gasteiger partial charge in [-0.15, -0.1) is 0 Å². The van der Waals surface area contributed by atoms with E-state index in [0.29, 0.717) is 11.3 Å². The second-order valence-corrected chi connectivity index (χ2v) is 6.35. The Morgan fingerprint density at radius 1 is 1.29 bits per heavy atom. The SMILES string of the molecule is CC1CC(O)C2C3CCCC3C2(C)C1. The average molecular weight is 194 g/mol. The van der Waals surface area contributed by atoms with E-state index >= 15 is 0 Å². The summed E-state index contributed by atoms with van der Waals surface area (Å²) in [4.78, 5) is 0. The van der Waals surface area contributed by atoms with E-state index in [4.69, 9.17) is 0 Å². The smallest absolute Gasteiger partial charge is 0.0579 e. The van der Waals surface area contributed by atoms with Gasteiger partial charge in [0.15, 0.2) is 0 Å². The zero-order valence-electron chi connectivity index (χ0n) is 9.37. The van der Waals surface area contributed by atoms with Gasteiger partial charge in [-0.1, -0.05) is 20.3 Å². The van der Waals surface area contributed by atoms with Crippen LogP contribution in [0.3, 0.4) is 0 Å². The van der Waals surface area contributed by atoms with Crippen molar-refractivity contribution < 1.29 is 5.11 Å². The molecule has 3 fully saturated rings. The molecule has 3 aliphatic rings. The fraction of sp³-hybridized carbons (Fsp3) is 1.00. The maximum absolute atomic E-state index is 10.2. The highest BCUT2D eigenvalue weighted by Crippen LogP contribution is 2.68. The highest BCUT2D eigenvalue weighted by molar-refractivity contribution is 5.12. The second-order valence-electron chi connectivity index (χ2n) is 6.35. The van der Waals surface area contributed by atoms with Crippen LogP contribution in [0, 0.1) is 29.1 Å². The van der Waals surface area contributed by atoms with Crippen LogP contribution in [0.2, 0.25) is 0 Å². The van der Waals surface area contributed by atoms with Gasteiger partial charge in [0, 0.05) is 0 Å². The molecule has 0 radical (unpaired) electrons. The van der Waals surface area contributed by atoms with Crippen molar-refractivity contribution in [3.05, 3.63) is 0 Å². The fourth-order valence-corrected chi connectivity index (χ4v) is 5.26. The molecule has 80 valence electrons. The first-order valence-electron chi connectivity index (χ1n) is 6.31. The predicted octanol–water partition coefficient (Wildman–Crippen LogP) is 2.83. The van der Waals surface area contributed by atoms with Crippen LogP contribution in [0.15, 0.2) is 0 Å². The van der Waals surface area contributed by atoms with Gasteiger partial charge in [-0.05, 0) is 54.8 Å². The zero-order valence-corrected chi connectivity index (χ0v) is 9.37. The van der Waals surface area contributed by atoms with Gasteiger partial charge in [0.2, 0.25) is 0 Å². The van der Waals surface area contributed by atoms with Gasteiger partial charge < -0.3 is 5.11 Å². The summed E-state index contributed by atoms with van der Waals surface area (Å²) in [6, 6.07) is 0. The predicted molar refractivity (Wildman–Crippen MR) is 56.8 cm³/mol. The van der Waals surface area contributed by atoms with E-state index in [-0.39, 0.29) is 6.10 Å². The number of aliphatic hydroxyl groups excluding tert-OH is 1. The van der Waals surface area contributed by atoms with Crippen molar-refractivity contribution in [2.75, 3.05) is 0 Å². The van der Waals surface area contributed by atoms with Crippen molar-refractivity contribution >= 4 is 0 Å². The van der Waals surface area contributed by atoms with E-state index in [2.05, 4.69) is 13.8 Å². The molecule has 0 amide bonds. The van der Waals surface area contributed by atoms with E-state index < -0.39 is 0 Å². The van der Waals surface area contributed by atoms with Crippen molar-refractivity contribution in [2.45, 2.75) is 52.1 Å². The number of hydrogen-bond donors (Lipinski definition) is 1. The third-order valence-electron chi connectivity index (χ3n) is 5.49. The molecule has 0 aromatic heterocycles. The highest BCUT2D eigenvalue weighted by Gasteiger charge is 2.63. The van der Waals surface area contributed by atoms with Crippen molar-refractivity contribution in [3.8, 4) is 0 Å². The first kappa shape index (κ1) is 9.21. The minimum Gasteiger partial charge on any atom is -0.393 e. The summed E-state index contributed by atoms with van der Waals surface area (Å²) >= 11 is 0. The molecular weight excluding hydrogens is 172 g/mol. The first-order valence-corrected chi connectivity index (χ1v) is 6.31. The van der Waals surface area contributed by atoms with E-state index in [1.54, 1.807) is 0 Å². The Hall–Kier alpha value is -0.0400. The maximum atomic E-state index is 10.2. The Kier molecular flexibility index (Phi) is 1.81. The molecule has 0 aromatic rings. The molecule has 6 atom stereocenters. The molecule has 0 aromatic carbocycles. The van der Waals surface area contributed by atoms with Crippen LogP contribution < -0.4 is 0 Å². The molecule has 3 rings (SSSR count). The highest BCUT2D eigenvalue weighted by atomic mass is 16.3. The van der Waals surface area contributed by atoms with Gasteiger partial charge in [-0.2, -0.15) is 0 Å². The van der Waals surface area contributed by atoms with Gasteiger partial charge in [0.25, 0.3) is 0 Å². The molecule has 0 saturated heterocycles. The van der Waals surface area contributed by atoms with Crippen LogP contribution in [-0.2, 0) is 0 Å². The number of rotatable bonds is 0. The van der Waals surface area contributed by atoms with Crippen LogP contribution in [-0.4, -0.2) is 11.2 Å². The van der Waals surface area contributed by atoms with E-state index in [0.717, 1.165) is 24.2 Å². The Balaban J connectivity index is 1.88. The molecule has 3 aliphatic carbocycles. The number of hydrogen-bond acceptors (Lipinski definition) is 1. The molecule has 3 saturated carbocycles. The molecular formula is C13H22O. The molecule has 1 heteroatoms. The summed E-state index contributed by atoms with van der Waals surface area (Å²) in [6.07, 6.45) is 6.71. The average Bonchev–Trinajstić information content (AvgIpc) is 2.47. The van der Waals surface area contributed by atoms with E-state index in [1.165, 1.54) is 25.7 Å². The Bertz CT molecular complexity index is 250. The fourth-order valence-electron chi connectivity index (χ4n) is 5.26. The third kappa shape index (κ3) is 0.946. The topological polar surface area (TPSA) is 20.2 Å². The number of fused-ring (bicyclic) bond motifs is 4. The molecule has 0 bridgehead atoms. The largest absolute Gasteiger partial charge is 0.393 e. The lowest BCUT2D eigenvalue weighted by atomic mass is 9.42. The van der Waals surface area contributed by atoms with Gasteiger partial charge in [0.05, 0.1) is 6.10 Å². The maximum Gasteiger partial charge on any atom is 0.0579 e. The summed E-state index contributed by atoms with van der Waals surface area (Å²) < 4.78 is 0. The molecule has 0 aliphatic heterocycles. The van der Waals surface area contributed by atoms with Gasteiger partial charge in [-0.25, -0.2) is 0 Å². The quantitative estimate of drug-likeness (QED) is 0.628. The summed E-state index contributed by atoms with van der Waals surface area (Å²) in [5.41, 5.74) is 0.512. The van der Waals surface area contributed by atoms with Crippen LogP contribution in [0.4, 0.5) is 0 Å². The van der Waals surface area contributed by atoms with Crippen molar-refractivity contribution in [1.29, 1.82) is 0 Å². The van der Waals surface area contributed by atoms with Crippen molar-refractivity contribution in [3.63, 3.8) is 0 Å². The van der Waals surface area contributed by atoms with E-state index in [1.807, 2.05) is 0 Å². The summed E-state index contributed by atoms with van der Waals surface area (Å²) in [7, 11) is 0. The Labute approximate surface area is 86.9 Å². The second kappa shape index (κ2) is 2.75. The van der Waals surface area contributed by atoms with Crippen LogP contribution in [0.5, 0.6) is 0 Å². The van der Waals surface area contributed by atoms with E-state index in [9.17, 15) is 5.11 Å². The zero-order chi connectivity index (χ0) is 9.92. The monoisotopic (exact) mass is 194 g/mol. The van der Waals surface area contributed by atoms with Crippen LogP contribution in [0.1, 0.15) is 46.0 Å². The lowest BCUT2D eigenvalue weighted by Crippen LogP contribution is -2.60. The van der Waals surface area contributed by atoms with Crippen molar-refractivity contribution in [1.82, 2.24) is 0 Å². The summed E-state index contributed by atoms with van der Waals surface area (Å²) in [5.74, 6) is 3.26. The molecule has 0 heterocycles. The first-order chi connectivity index (χ1) is 6.63. The van der Waals surface area contributed by atoms with Gasteiger partial charge in [-0.3, -0.25) is 0 Å². The lowest BCUT2D eigenvalue weighted by Gasteiger charge is -2.63. The normalized spacial score (nSPS) is 61.5. The van der Waals surface area contributed by atoms with Gasteiger partial charge in [0.1, 0.15) is 0 Å². The third-order valence-corrected chi connectivity index (χ3v) is 5.49. The Morgan fingerprint density at radius 3 is 2.86 bits per heavy atom. The molecule has 1 nitrogen and oxygen atoms in total. The molecule has 1 N–H and O–H groups in total. The Morgan fingerprint density at radius 2 is 2.07 bits per heavy atom. The van der Waals surface area contributed by atoms with Gasteiger partial charge >= 0.3 is 0 Å². The molecule has 14 heavy (non-hydrogen) atoms. The summed E-state index contributed by atoms with van der Waals surface area (Å²) in [6.45, 7) is 4.76. The minimum atomic E-state index is 0.0168. The van der Waals surface area contributed by atoms with Crippen molar-refractivity contribution in [2.24, 2.45) is 29.1 Å². The minimum absolute atomic E-state index is 0.0168.